The molecule has 0 saturated heterocycles. The molecule has 0 aliphatic rings. The number of nitrogens with zero attached hydrogens (tertiary/aromatic N) is 5. The highest BCUT2D eigenvalue weighted by Crippen LogP contribution is 2.39. The van der Waals surface area contributed by atoms with Gasteiger partial charge in [-0.3, -0.25) is 0 Å². The van der Waals surface area contributed by atoms with E-state index in [9.17, 15) is 0 Å². The first-order valence-corrected chi connectivity index (χ1v) is 13.4. The molecule has 6 aromatic rings. The van der Waals surface area contributed by atoms with E-state index in [1.54, 1.807) is 36.8 Å². The van der Waals surface area contributed by atoms with Crippen LogP contribution in [0.3, 0.4) is 0 Å². The fourth-order valence-electron chi connectivity index (χ4n) is 4.88. The van der Waals surface area contributed by atoms with Gasteiger partial charge in [-0.05, 0) is 55.3 Å². The third-order valence-corrected chi connectivity index (χ3v) is 7.00. The van der Waals surface area contributed by atoms with E-state index in [4.69, 9.17) is 15.2 Å². The quantitative estimate of drug-likeness (QED) is 0.190. The Bertz CT molecular complexity index is 1940. The molecule has 0 unspecified atom stereocenters. The monoisotopic (exact) mass is 579 g/mol. The van der Waals surface area contributed by atoms with Crippen LogP contribution in [0.1, 0.15) is 16.8 Å². The highest BCUT2D eigenvalue weighted by molar-refractivity contribution is 5.96. The lowest BCUT2D eigenvalue weighted by atomic mass is 10.1. The van der Waals surface area contributed by atoms with Crippen LogP contribution < -0.4 is 20.5 Å². The van der Waals surface area contributed by atoms with Crippen LogP contribution in [0.2, 0.25) is 0 Å². The molecule has 0 saturated carbocycles. The van der Waals surface area contributed by atoms with Gasteiger partial charge in [0, 0.05) is 41.8 Å². The summed E-state index contributed by atoms with van der Waals surface area (Å²) in [4.78, 5) is 17.1. The summed E-state index contributed by atoms with van der Waals surface area (Å²) in [5.41, 5.74) is 11.2. The van der Waals surface area contributed by atoms with Gasteiger partial charge in [0.2, 0.25) is 0 Å². The summed E-state index contributed by atoms with van der Waals surface area (Å²) in [6, 6.07) is 18.4. The van der Waals surface area contributed by atoms with Crippen molar-refractivity contribution in [3.63, 3.8) is 0 Å². The minimum Gasteiger partial charge on any atom is -0.497 e. The molecular formula is C32H27F2N7O2. The average molecular weight is 580 g/mol. The van der Waals surface area contributed by atoms with Gasteiger partial charge in [-0.15, -0.1) is 0 Å². The molecule has 6 rings (SSSR count). The largest absolute Gasteiger partial charge is 0.497 e. The summed E-state index contributed by atoms with van der Waals surface area (Å²) in [6.07, 6.45) is 2.92. The summed E-state index contributed by atoms with van der Waals surface area (Å²) in [6.45, 7) is 4.04. The van der Waals surface area contributed by atoms with E-state index in [-0.39, 0.29) is 17.4 Å². The third-order valence-electron chi connectivity index (χ3n) is 7.00. The number of rotatable bonds is 8. The highest BCUT2D eigenvalue weighted by Gasteiger charge is 2.25. The molecular weight excluding hydrogens is 552 g/mol. The number of nitrogens with two attached hydrogens (primary N) is 1. The lowest BCUT2D eigenvalue weighted by molar-refractivity contribution is 0.405. The van der Waals surface area contributed by atoms with Crippen molar-refractivity contribution in [1.82, 2.24) is 24.5 Å². The fourth-order valence-corrected chi connectivity index (χ4v) is 4.88. The standard InChI is InChI=1S/C32H27F2N7O2/c1-18-12-13-36-32(40-18)43-27-15-24(33)26(14-25(27)34)41-29(21-6-8-22(35)9-7-21)19(2)28-30(41)31(39-17-38-28)37-16-20-4-10-23(42-3)11-5-20/h4-15,17H,16,35H2,1-3H3,(H,37,38,39). The number of halogens is 2. The molecule has 0 amide bonds. The molecule has 0 bridgehead atoms. The smallest absolute Gasteiger partial charge is 0.322 e. The first kappa shape index (κ1) is 27.6. The number of nitrogens with one attached hydrogen (secondary N) is 1. The van der Waals surface area contributed by atoms with E-state index in [1.165, 1.54) is 12.5 Å². The number of hydrogen-bond donors (Lipinski definition) is 2. The minimum atomic E-state index is -0.797. The number of nitrogen functional groups attached to an aromatic ring is 1. The summed E-state index contributed by atoms with van der Waals surface area (Å²) in [5.74, 6) is -0.691. The van der Waals surface area contributed by atoms with Crippen LogP contribution in [0.15, 0.2) is 79.3 Å². The topological polar surface area (TPSA) is 113 Å². The minimum absolute atomic E-state index is 0.0535. The van der Waals surface area contributed by atoms with Crippen molar-refractivity contribution in [2.75, 3.05) is 18.2 Å². The SMILES string of the molecule is COc1ccc(CNc2ncnc3c(C)c(-c4ccc(N)cc4)n(-c4cc(F)c(Oc5nccc(C)n5)cc4F)c23)cc1. The Kier molecular flexibility index (Phi) is 7.29. The van der Waals surface area contributed by atoms with Crippen molar-refractivity contribution in [2.45, 2.75) is 20.4 Å². The molecule has 0 spiro atoms. The van der Waals surface area contributed by atoms with Crippen molar-refractivity contribution in [2.24, 2.45) is 0 Å². The summed E-state index contributed by atoms with van der Waals surface area (Å²) in [5, 5.41) is 3.35. The molecule has 0 aliphatic heterocycles. The maximum atomic E-state index is 16.0. The van der Waals surface area contributed by atoms with Gasteiger partial charge in [-0.2, -0.15) is 0 Å². The zero-order valence-corrected chi connectivity index (χ0v) is 23.6. The predicted molar refractivity (Wildman–Crippen MR) is 161 cm³/mol. The van der Waals surface area contributed by atoms with Gasteiger partial charge in [0.1, 0.15) is 17.6 Å². The van der Waals surface area contributed by atoms with Crippen molar-refractivity contribution in [1.29, 1.82) is 0 Å². The lowest BCUT2D eigenvalue weighted by Gasteiger charge is -2.16. The average Bonchev–Trinajstić information content (AvgIpc) is 3.31. The summed E-state index contributed by atoms with van der Waals surface area (Å²) < 4.78 is 44.0. The van der Waals surface area contributed by atoms with Crippen molar-refractivity contribution < 1.29 is 18.3 Å². The first-order chi connectivity index (χ1) is 20.8. The highest BCUT2D eigenvalue weighted by atomic mass is 19.1. The fraction of sp³-hybridized carbons (Fsp3) is 0.125. The van der Waals surface area contributed by atoms with E-state index >= 15 is 8.78 Å². The number of anilines is 2. The Labute approximate surface area is 246 Å². The van der Waals surface area contributed by atoms with Crippen LogP contribution in [0, 0.1) is 25.5 Å². The second-order valence-electron chi connectivity index (χ2n) is 9.87. The van der Waals surface area contributed by atoms with Crippen LogP contribution in [0.25, 0.3) is 28.0 Å². The lowest BCUT2D eigenvalue weighted by Crippen LogP contribution is -2.07. The van der Waals surface area contributed by atoms with E-state index < -0.39 is 11.6 Å². The summed E-state index contributed by atoms with van der Waals surface area (Å²) >= 11 is 0. The van der Waals surface area contributed by atoms with E-state index in [0.717, 1.165) is 34.6 Å². The van der Waals surface area contributed by atoms with Gasteiger partial charge in [0.05, 0.1) is 24.0 Å². The molecule has 3 aromatic heterocycles. The number of benzene rings is 3. The zero-order valence-electron chi connectivity index (χ0n) is 23.6. The van der Waals surface area contributed by atoms with Gasteiger partial charge >= 0.3 is 6.01 Å². The van der Waals surface area contributed by atoms with Crippen LogP contribution in [0.5, 0.6) is 17.5 Å². The van der Waals surface area contributed by atoms with Gasteiger partial charge < -0.3 is 25.1 Å². The molecule has 0 fully saturated rings. The zero-order chi connectivity index (χ0) is 30.1. The molecule has 216 valence electrons. The molecule has 3 aromatic carbocycles. The molecule has 43 heavy (non-hydrogen) atoms. The van der Waals surface area contributed by atoms with Crippen LogP contribution in [-0.4, -0.2) is 31.6 Å². The van der Waals surface area contributed by atoms with E-state index in [2.05, 4.69) is 25.3 Å². The van der Waals surface area contributed by atoms with Crippen LogP contribution >= 0.6 is 0 Å². The van der Waals surface area contributed by atoms with Gasteiger partial charge in [-0.1, -0.05) is 24.3 Å². The van der Waals surface area contributed by atoms with Crippen molar-refractivity contribution in [3.8, 4) is 34.5 Å². The second-order valence-corrected chi connectivity index (χ2v) is 9.87. The van der Waals surface area contributed by atoms with Crippen LogP contribution in [0.4, 0.5) is 20.3 Å². The second kappa shape index (κ2) is 11.4. The molecule has 3 heterocycles. The molecule has 3 N–H and O–H groups in total. The predicted octanol–water partition coefficient (Wildman–Crippen LogP) is 6.77. The molecule has 0 radical (unpaired) electrons. The molecule has 0 aliphatic carbocycles. The van der Waals surface area contributed by atoms with Gasteiger partial charge in [0.15, 0.2) is 23.2 Å². The Balaban J connectivity index is 1.51. The van der Waals surface area contributed by atoms with E-state index in [0.29, 0.717) is 40.5 Å². The number of fused-ring (bicyclic) bond motifs is 1. The van der Waals surface area contributed by atoms with Crippen molar-refractivity contribution in [3.05, 3.63) is 108 Å². The van der Waals surface area contributed by atoms with Gasteiger partial charge in [0.25, 0.3) is 0 Å². The number of ether oxygens (including phenoxy) is 2. The Morgan fingerprint density at radius 3 is 2.40 bits per heavy atom. The maximum absolute atomic E-state index is 16.0. The molecule has 9 nitrogen and oxygen atoms in total. The first-order valence-electron chi connectivity index (χ1n) is 13.4. The molecule has 0 atom stereocenters. The number of hydrogen-bond acceptors (Lipinski definition) is 8. The Hall–Kier alpha value is -5.58. The van der Waals surface area contributed by atoms with E-state index in [1.807, 2.05) is 43.3 Å². The number of aryl methyl sites for hydroxylation is 2. The molecule has 11 heteroatoms. The third kappa shape index (κ3) is 5.40. The Morgan fingerprint density at radius 1 is 0.907 bits per heavy atom. The summed E-state index contributed by atoms with van der Waals surface area (Å²) in [7, 11) is 1.61. The number of methoxy groups -OCH3 is 1. The van der Waals surface area contributed by atoms with Crippen LogP contribution in [-0.2, 0) is 6.54 Å². The Morgan fingerprint density at radius 2 is 1.67 bits per heavy atom. The van der Waals surface area contributed by atoms with Crippen molar-refractivity contribution >= 4 is 22.5 Å². The van der Waals surface area contributed by atoms with Gasteiger partial charge in [-0.25, -0.2) is 28.7 Å². The number of aromatic nitrogens is 5. The maximum Gasteiger partial charge on any atom is 0.322 e. The normalized spacial score (nSPS) is 11.1.